The van der Waals surface area contributed by atoms with Gasteiger partial charge in [-0.05, 0) is 24.3 Å². The molecule has 0 aliphatic heterocycles. The van der Waals surface area contributed by atoms with Gasteiger partial charge in [0.05, 0.1) is 25.8 Å². The molecular weight excluding hydrogens is 429 g/mol. The summed E-state index contributed by atoms with van der Waals surface area (Å²) in [7, 11) is 3.20. The molecule has 0 aromatic heterocycles. The van der Waals surface area contributed by atoms with Crippen molar-refractivity contribution in [3.8, 4) is 11.5 Å². The van der Waals surface area contributed by atoms with Crippen LogP contribution in [0.15, 0.2) is 47.5 Å². The predicted molar refractivity (Wildman–Crippen MR) is 105 cm³/mol. The molecule has 0 saturated carbocycles. The zero-order valence-corrected chi connectivity index (χ0v) is 16.0. The van der Waals surface area contributed by atoms with Gasteiger partial charge in [0.15, 0.2) is 5.96 Å². The average molecular weight is 448 g/mol. The van der Waals surface area contributed by atoms with Crippen LogP contribution in [0.2, 0.25) is 5.02 Å². The van der Waals surface area contributed by atoms with Crippen LogP contribution in [0.25, 0.3) is 0 Å². The minimum absolute atomic E-state index is 0. The normalized spacial score (nSPS) is 10.7. The lowest BCUT2D eigenvalue weighted by atomic mass is 10.2. The van der Waals surface area contributed by atoms with Gasteiger partial charge in [-0.2, -0.15) is 0 Å². The summed E-state index contributed by atoms with van der Waals surface area (Å²) in [5.74, 6) is 1.69. The third-order valence-electron chi connectivity index (χ3n) is 3.04. The van der Waals surface area contributed by atoms with E-state index in [0.29, 0.717) is 23.3 Å². The van der Waals surface area contributed by atoms with E-state index in [1.54, 1.807) is 26.4 Å². The number of anilines is 1. The monoisotopic (exact) mass is 447 g/mol. The number of methoxy groups -OCH3 is 2. The summed E-state index contributed by atoms with van der Waals surface area (Å²) in [4.78, 5) is 4.30. The van der Waals surface area contributed by atoms with Crippen LogP contribution >= 0.6 is 35.6 Å². The van der Waals surface area contributed by atoms with E-state index in [9.17, 15) is 0 Å². The summed E-state index contributed by atoms with van der Waals surface area (Å²) >= 11 is 6.06. The lowest BCUT2D eigenvalue weighted by Crippen LogP contribution is -2.22. The third-order valence-corrected chi connectivity index (χ3v) is 3.33. The largest absolute Gasteiger partial charge is 0.496 e. The molecule has 5 nitrogen and oxygen atoms in total. The summed E-state index contributed by atoms with van der Waals surface area (Å²) in [6, 6.07) is 13.0. The van der Waals surface area contributed by atoms with E-state index in [2.05, 4.69) is 10.3 Å². The van der Waals surface area contributed by atoms with Gasteiger partial charge in [-0.25, -0.2) is 4.99 Å². The van der Waals surface area contributed by atoms with Crippen molar-refractivity contribution < 1.29 is 9.47 Å². The topological polar surface area (TPSA) is 68.9 Å². The van der Waals surface area contributed by atoms with Crippen molar-refractivity contribution in [2.24, 2.45) is 10.7 Å². The third kappa shape index (κ3) is 5.47. The first-order valence-corrected chi connectivity index (χ1v) is 7.04. The zero-order chi connectivity index (χ0) is 15.9. The molecule has 7 heteroatoms. The number of guanidine groups is 1. The van der Waals surface area contributed by atoms with E-state index in [0.717, 1.165) is 17.0 Å². The molecule has 0 atom stereocenters. The molecule has 0 spiro atoms. The Labute approximate surface area is 157 Å². The summed E-state index contributed by atoms with van der Waals surface area (Å²) in [5, 5.41) is 3.49. The molecule has 0 aliphatic rings. The van der Waals surface area contributed by atoms with Crippen LogP contribution in [0.5, 0.6) is 11.5 Å². The molecule has 3 N–H and O–H groups in total. The number of benzene rings is 2. The quantitative estimate of drug-likeness (QED) is 0.414. The Hall–Kier alpha value is -1.67. The molecule has 0 radical (unpaired) electrons. The fraction of sp³-hybridized carbons (Fsp3) is 0.188. The van der Waals surface area contributed by atoms with Crippen molar-refractivity contribution in [1.82, 2.24) is 0 Å². The number of halogens is 2. The van der Waals surface area contributed by atoms with Crippen LogP contribution in [0.3, 0.4) is 0 Å². The van der Waals surface area contributed by atoms with Gasteiger partial charge in [0.25, 0.3) is 0 Å². The Morgan fingerprint density at radius 3 is 2.48 bits per heavy atom. The van der Waals surface area contributed by atoms with Crippen LogP contribution in [-0.2, 0) is 6.54 Å². The maximum atomic E-state index is 6.06. The van der Waals surface area contributed by atoms with E-state index in [4.69, 9.17) is 26.8 Å². The van der Waals surface area contributed by atoms with Crippen molar-refractivity contribution >= 4 is 47.2 Å². The number of hydrogen-bond donors (Lipinski definition) is 2. The molecule has 2 aromatic rings. The van der Waals surface area contributed by atoms with Gasteiger partial charge >= 0.3 is 0 Å². The highest BCUT2D eigenvalue weighted by atomic mass is 127. The van der Waals surface area contributed by atoms with Gasteiger partial charge in [0, 0.05) is 11.3 Å². The molecule has 2 rings (SSSR count). The molecule has 0 aliphatic carbocycles. The first-order chi connectivity index (χ1) is 10.6. The second kappa shape index (κ2) is 9.46. The van der Waals surface area contributed by atoms with Crippen molar-refractivity contribution in [2.75, 3.05) is 19.5 Å². The number of nitrogens with one attached hydrogen (secondary N) is 1. The predicted octanol–water partition coefficient (Wildman–Crippen LogP) is 3.90. The molecule has 2 aromatic carbocycles. The number of aliphatic imine (C=N–C) groups is 1. The van der Waals surface area contributed by atoms with Crippen molar-refractivity contribution in [3.05, 3.63) is 53.1 Å². The van der Waals surface area contributed by atoms with Gasteiger partial charge in [-0.1, -0.05) is 29.8 Å². The van der Waals surface area contributed by atoms with Crippen molar-refractivity contribution in [3.63, 3.8) is 0 Å². The van der Waals surface area contributed by atoms with E-state index in [1.807, 2.05) is 30.3 Å². The molecule has 0 bridgehead atoms. The van der Waals surface area contributed by atoms with Crippen LogP contribution in [-0.4, -0.2) is 20.2 Å². The number of ether oxygens (including phenoxy) is 2. The Kier molecular flexibility index (Phi) is 7.97. The van der Waals surface area contributed by atoms with Gasteiger partial charge in [-0.15, -0.1) is 24.0 Å². The Morgan fingerprint density at radius 2 is 1.83 bits per heavy atom. The smallest absolute Gasteiger partial charge is 0.193 e. The van der Waals surface area contributed by atoms with E-state index in [-0.39, 0.29) is 24.0 Å². The van der Waals surface area contributed by atoms with Crippen LogP contribution in [0.4, 0.5) is 5.69 Å². The summed E-state index contributed by atoms with van der Waals surface area (Å²) in [6.07, 6.45) is 0. The SMILES string of the molecule is COc1ccc(NC(N)=NCc2ccccc2OC)cc1Cl.I. The summed E-state index contributed by atoms with van der Waals surface area (Å²) < 4.78 is 10.4. The molecule has 0 saturated heterocycles. The van der Waals surface area contributed by atoms with E-state index in [1.165, 1.54) is 0 Å². The Morgan fingerprint density at radius 1 is 1.13 bits per heavy atom. The van der Waals surface area contributed by atoms with Crippen LogP contribution in [0, 0.1) is 0 Å². The maximum absolute atomic E-state index is 6.06. The highest BCUT2D eigenvalue weighted by Gasteiger charge is 2.04. The fourth-order valence-corrected chi connectivity index (χ4v) is 2.19. The lowest BCUT2D eigenvalue weighted by Gasteiger charge is -2.09. The molecular formula is C16H19ClIN3O2. The maximum Gasteiger partial charge on any atom is 0.193 e. The summed E-state index contributed by atoms with van der Waals surface area (Å²) in [6.45, 7) is 0.423. The number of hydrogen-bond acceptors (Lipinski definition) is 3. The molecule has 0 amide bonds. The fourth-order valence-electron chi connectivity index (χ4n) is 1.94. The number of nitrogens with zero attached hydrogens (tertiary/aromatic N) is 1. The highest BCUT2D eigenvalue weighted by molar-refractivity contribution is 14.0. The van der Waals surface area contributed by atoms with E-state index < -0.39 is 0 Å². The van der Waals surface area contributed by atoms with Gasteiger partial charge in [-0.3, -0.25) is 0 Å². The molecule has 0 fully saturated rings. The highest BCUT2D eigenvalue weighted by Crippen LogP contribution is 2.27. The van der Waals surface area contributed by atoms with Crippen molar-refractivity contribution in [1.29, 1.82) is 0 Å². The number of rotatable bonds is 5. The molecule has 124 valence electrons. The number of nitrogens with two attached hydrogens (primary N) is 1. The minimum atomic E-state index is 0. The summed E-state index contributed by atoms with van der Waals surface area (Å²) in [5.41, 5.74) is 7.59. The van der Waals surface area contributed by atoms with Crippen LogP contribution < -0.4 is 20.5 Å². The standard InChI is InChI=1S/C16H18ClN3O2.HI/c1-21-14-6-4-3-5-11(14)10-19-16(18)20-12-7-8-15(22-2)13(17)9-12;/h3-9H,10H2,1-2H3,(H3,18,19,20);1H. The first kappa shape index (κ1) is 19.4. The van der Waals surface area contributed by atoms with Gasteiger partial charge < -0.3 is 20.5 Å². The van der Waals surface area contributed by atoms with Crippen LogP contribution in [0.1, 0.15) is 5.56 Å². The van der Waals surface area contributed by atoms with Crippen molar-refractivity contribution in [2.45, 2.75) is 6.54 Å². The van der Waals surface area contributed by atoms with E-state index >= 15 is 0 Å². The first-order valence-electron chi connectivity index (χ1n) is 6.66. The molecule has 23 heavy (non-hydrogen) atoms. The minimum Gasteiger partial charge on any atom is -0.496 e. The molecule has 0 unspecified atom stereocenters. The van der Waals surface area contributed by atoms with Gasteiger partial charge in [0.2, 0.25) is 0 Å². The second-order valence-corrected chi connectivity index (χ2v) is 4.89. The molecule has 0 heterocycles. The lowest BCUT2D eigenvalue weighted by molar-refractivity contribution is 0.410. The Bertz CT molecular complexity index is 680. The number of para-hydroxylation sites is 1. The second-order valence-electron chi connectivity index (χ2n) is 4.49. The van der Waals surface area contributed by atoms with Gasteiger partial charge in [0.1, 0.15) is 11.5 Å². The Balaban J connectivity index is 0.00000264. The zero-order valence-electron chi connectivity index (χ0n) is 12.9. The average Bonchev–Trinajstić information content (AvgIpc) is 2.53.